The van der Waals surface area contributed by atoms with Gasteiger partial charge in [0, 0.05) is 10.4 Å². The molecular formula is C17H18N4S. The van der Waals surface area contributed by atoms with E-state index in [1.807, 2.05) is 19.1 Å². The second-order valence-corrected chi connectivity index (χ2v) is 6.51. The van der Waals surface area contributed by atoms with Crippen LogP contribution in [0.1, 0.15) is 28.5 Å². The number of nitrogens with zero attached hydrogens (tertiary/aromatic N) is 3. The van der Waals surface area contributed by atoms with Gasteiger partial charge in [-0.2, -0.15) is 5.10 Å². The zero-order valence-corrected chi connectivity index (χ0v) is 14.0. The number of hydrogen-bond acceptors (Lipinski definition) is 5. The Morgan fingerprint density at radius 2 is 1.91 bits per heavy atom. The van der Waals surface area contributed by atoms with Crippen LogP contribution in [0.3, 0.4) is 0 Å². The second-order valence-electron chi connectivity index (χ2n) is 5.31. The van der Waals surface area contributed by atoms with Crippen molar-refractivity contribution in [3.8, 4) is 0 Å². The minimum Gasteiger partial charge on any atom is -0.260 e. The van der Waals surface area contributed by atoms with Crippen molar-refractivity contribution in [2.75, 3.05) is 5.43 Å². The third-order valence-electron chi connectivity index (χ3n) is 3.83. The summed E-state index contributed by atoms with van der Waals surface area (Å²) in [7, 11) is 0. The molecule has 0 fully saturated rings. The topological polar surface area (TPSA) is 50.2 Å². The van der Waals surface area contributed by atoms with E-state index in [-0.39, 0.29) is 0 Å². The highest BCUT2D eigenvalue weighted by Crippen LogP contribution is 2.32. The van der Waals surface area contributed by atoms with Crippen LogP contribution >= 0.6 is 11.3 Å². The van der Waals surface area contributed by atoms with Crippen molar-refractivity contribution < 1.29 is 0 Å². The second kappa shape index (κ2) is 5.85. The van der Waals surface area contributed by atoms with Gasteiger partial charge in [0.15, 0.2) is 5.82 Å². The van der Waals surface area contributed by atoms with Gasteiger partial charge in [0.05, 0.1) is 11.1 Å². The Morgan fingerprint density at radius 3 is 2.68 bits per heavy atom. The first-order valence-electron chi connectivity index (χ1n) is 7.15. The Balaban J connectivity index is 1.97. The van der Waals surface area contributed by atoms with Crippen LogP contribution in [0.2, 0.25) is 0 Å². The minimum absolute atomic E-state index is 0.764. The number of hydrazone groups is 1. The van der Waals surface area contributed by atoms with Gasteiger partial charge in [-0.3, -0.25) is 5.43 Å². The lowest BCUT2D eigenvalue weighted by Gasteiger charge is -2.07. The number of rotatable bonds is 3. The quantitative estimate of drug-likeness (QED) is 0.574. The number of benzene rings is 1. The molecule has 0 unspecified atom stereocenters. The molecular weight excluding hydrogens is 292 g/mol. The zero-order chi connectivity index (χ0) is 15.7. The number of aryl methyl sites for hydroxylation is 3. The molecule has 1 N–H and O–H groups in total. The van der Waals surface area contributed by atoms with E-state index in [4.69, 9.17) is 0 Å². The van der Waals surface area contributed by atoms with Crippen LogP contribution < -0.4 is 5.43 Å². The monoisotopic (exact) mass is 310 g/mol. The molecule has 0 radical (unpaired) electrons. The highest BCUT2D eigenvalue weighted by atomic mass is 32.1. The maximum Gasteiger partial charge on any atom is 0.158 e. The van der Waals surface area contributed by atoms with Crippen molar-refractivity contribution >= 4 is 33.1 Å². The molecule has 4 nitrogen and oxygen atoms in total. The molecule has 3 aromatic rings. The van der Waals surface area contributed by atoms with E-state index in [9.17, 15) is 0 Å². The van der Waals surface area contributed by atoms with E-state index < -0.39 is 0 Å². The molecule has 22 heavy (non-hydrogen) atoms. The molecule has 5 heteroatoms. The standard InChI is InChI=1S/C17H18N4S/c1-10-7-5-6-8-14(10)12(3)20-21-16-15-11(2)13(4)22-17(15)19-9-18-16/h5-9H,1-4H3,(H,18,19,21)/b20-12-. The zero-order valence-electron chi connectivity index (χ0n) is 13.1. The summed E-state index contributed by atoms with van der Waals surface area (Å²) in [5.41, 5.74) is 7.61. The SMILES string of the molecule is C/C(=N/Nc1ncnc2sc(C)c(C)c12)c1ccccc1C. The molecule has 0 atom stereocenters. The van der Waals surface area contributed by atoms with Crippen molar-refractivity contribution in [2.24, 2.45) is 5.10 Å². The predicted molar refractivity (Wildman–Crippen MR) is 93.9 cm³/mol. The average molecular weight is 310 g/mol. The smallest absolute Gasteiger partial charge is 0.158 e. The van der Waals surface area contributed by atoms with Crippen LogP contribution in [0.15, 0.2) is 35.7 Å². The maximum absolute atomic E-state index is 4.51. The summed E-state index contributed by atoms with van der Waals surface area (Å²) in [6.07, 6.45) is 1.58. The van der Waals surface area contributed by atoms with E-state index in [1.165, 1.54) is 16.0 Å². The van der Waals surface area contributed by atoms with Crippen LogP contribution in [-0.2, 0) is 0 Å². The van der Waals surface area contributed by atoms with Crippen LogP contribution in [0.25, 0.3) is 10.2 Å². The summed E-state index contributed by atoms with van der Waals surface area (Å²) in [4.78, 5) is 10.9. The van der Waals surface area contributed by atoms with Gasteiger partial charge < -0.3 is 0 Å². The first kappa shape index (κ1) is 14.7. The first-order valence-corrected chi connectivity index (χ1v) is 7.96. The van der Waals surface area contributed by atoms with Gasteiger partial charge in [0.25, 0.3) is 0 Å². The van der Waals surface area contributed by atoms with Gasteiger partial charge in [-0.15, -0.1) is 11.3 Å². The number of aromatic nitrogens is 2. The highest BCUT2D eigenvalue weighted by molar-refractivity contribution is 7.18. The Labute approximate surface area is 133 Å². The Hall–Kier alpha value is -2.27. The molecule has 1 aromatic carbocycles. The fraction of sp³-hybridized carbons (Fsp3) is 0.235. The first-order chi connectivity index (χ1) is 10.6. The molecule has 0 saturated heterocycles. The van der Waals surface area contributed by atoms with Crippen molar-refractivity contribution in [3.05, 3.63) is 52.2 Å². The van der Waals surface area contributed by atoms with E-state index in [1.54, 1.807) is 17.7 Å². The Bertz CT molecular complexity index is 864. The van der Waals surface area contributed by atoms with Gasteiger partial charge in [0.1, 0.15) is 11.2 Å². The maximum atomic E-state index is 4.51. The molecule has 0 bridgehead atoms. The number of hydrogen-bond donors (Lipinski definition) is 1. The van der Waals surface area contributed by atoms with Crippen LogP contribution in [-0.4, -0.2) is 15.7 Å². The molecule has 2 heterocycles. The summed E-state index contributed by atoms with van der Waals surface area (Å²) < 4.78 is 0. The van der Waals surface area contributed by atoms with E-state index in [2.05, 4.69) is 53.4 Å². The largest absolute Gasteiger partial charge is 0.260 e. The molecule has 0 saturated carbocycles. The molecule has 0 aliphatic carbocycles. The van der Waals surface area contributed by atoms with Crippen molar-refractivity contribution in [3.63, 3.8) is 0 Å². The number of anilines is 1. The van der Waals surface area contributed by atoms with Crippen LogP contribution in [0.4, 0.5) is 5.82 Å². The van der Waals surface area contributed by atoms with Gasteiger partial charge >= 0.3 is 0 Å². The minimum atomic E-state index is 0.764. The Kier molecular flexibility index (Phi) is 3.90. The van der Waals surface area contributed by atoms with Crippen molar-refractivity contribution in [2.45, 2.75) is 27.7 Å². The van der Waals surface area contributed by atoms with Gasteiger partial charge in [-0.1, -0.05) is 24.3 Å². The van der Waals surface area contributed by atoms with Crippen molar-refractivity contribution in [1.29, 1.82) is 0 Å². The average Bonchev–Trinajstić information content (AvgIpc) is 2.81. The normalized spacial score (nSPS) is 11.9. The van der Waals surface area contributed by atoms with Crippen LogP contribution in [0.5, 0.6) is 0 Å². The van der Waals surface area contributed by atoms with Crippen molar-refractivity contribution in [1.82, 2.24) is 9.97 Å². The summed E-state index contributed by atoms with van der Waals surface area (Å²) in [6, 6.07) is 8.22. The lowest BCUT2D eigenvalue weighted by atomic mass is 10.1. The molecule has 2 aromatic heterocycles. The number of thiophene rings is 1. The van der Waals surface area contributed by atoms with Gasteiger partial charge in [0.2, 0.25) is 0 Å². The van der Waals surface area contributed by atoms with E-state index in [0.29, 0.717) is 0 Å². The lowest BCUT2D eigenvalue weighted by molar-refractivity contribution is 1.18. The number of fused-ring (bicyclic) bond motifs is 1. The summed E-state index contributed by atoms with van der Waals surface area (Å²) >= 11 is 1.69. The van der Waals surface area contributed by atoms with Crippen LogP contribution in [0, 0.1) is 20.8 Å². The predicted octanol–water partition coefficient (Wildman–Crippen LogP) is 4.45. The third kappa shape index (κ3) is 2.60. The fourth-order valence-corrected chi connectivity index (χ4v) is 3.44. The lowest BCUT2D eigenvalue weighted by Crippen LogP contribution is -2.03. The molecule has 0 spiro atoms. The summed E-state index contributed by atoms with van der Waals surface area (Å²) in [5.74, 6) is 0.764. The fourth-order valence-electron chi connectivity index (χ4n) is 2.44. The molecule has 0 amide bonds. The Morgan fingerprint density at radius 1 is 1.14 bits per heavy atom. The third-order valence-corrected chi connectivity index (χ3v) is 4.94. The highest BCUT2D eigenvalue weighted by Gasteiger charge is 2.11. The van der Waals surface area contributed by atoms with Gasteiger partial charge in [-0.25, -0.2) is 9.97 Å². The molecule has 3 rings (SSSR count). The van der Waals surface area contributed by atoms with E-state index >= 15 is 0 Å². The molecule has 0 aliphatic heterocycles. The van der Waals surface area contributed by atoms with Gasteiger partial charge in [-0.05, 0) is 38.8 Å². The van der Waals surface area contributed by atoms with E-state index in [0.717, 1.165) is 27.3 Å². The summed E-state index contributed by atoms with van der Waals surface area (Å²) in [5, 5.41) is 5.57. The molecule has 112 valence electrons. The molecule has 0 aliphatic rings. The summed E-state index contributed by atoms with van der Waals surface area (Å²) in [6.45, 7) is 8.29. The number of nitrogens with one attached hydrogen (secondary N) is 1.